The summed E-state index contributed by atoms with van der Waals surface area (Å²) < 4.78 is 77.7. The van der Waals surface area contributed by atoms with Gasteiger partial charge in [-0.3, -0.25) is 9.59 Å². The van der Waals surface area contributed by atoms with E-state index in [0.29, 0.717) is 31.6 Å². The van der Waals surface area contributed by atoms with Crippen LogP contribution in [0, 0.1) is 5.92 Å². The van der Waals surface area contributed by atoms with E-state index in [1.807, 2.05) is 13.8 Å². The summed E-state index contributed by atoms with van der Waals surface area (Å²) in [6.07, 6.45) is -6.81. The van der Waals surface area contributed by atoms with Crippen molar-refractivity contribution in [2.24, 2.45) is 5.92 Å². The van der Waals surface area contributed by atoms with Crippen LogP contribution in [0.15, 0.2) is 18.2 Å². The number of anilines is 1. The standard InChI is InChI=1S/C20H23F6N3O2.C2H6/c21-19(22,23)13-8-14(20(24,25)26)10-15(9-13)28-17(30)7-12-4-6-29(11-12)18(31)16-3-1-2-5-27-16;1-2/h8-10,12,16,27H,1-7,11H2,(H,28,30);1-2H3. The smallest absolute Gasteiger partial charge is 0.341 e. The summed E-state index contributed by atoms with van der Waals surface area (Å²) in [5.74, 6) is -0.932. The predicted molar refractivity (Wildman–Crippen MR) is 111 cm³/mol. The predicted octanol–water partition coefficient (Wildman–Crippen LogP) is 5.07. The third-order valence-corrected chi connectivity index (χ3v) is 5.55. The number of piperidine rings is 1. The van der Waals surface area contributed by atoms with Crippen molar-refractivity contribution in [2.75, 3.05) is 25.0 Å². The number of benzene rings is 1. The zero-order chi connectivity index (χ0) is 24.8. The number of hydrogen-bond acceptors (Lipinski definition) is 3. The fourth-order valence-electron chi connectivity index (χ4n) is 3.98. The Hall–Kier alpha value is -2.30. The van der Waals surface area contributed by atoms with E-state index in [-0.39, 0.29) is 30.4 Å². The summed E-state index contributed by atoms with van der Waals surface area (Å²) >= 11 is 0. The maximum absolute atomic E-state index is 13.0. The third-order valence-electron chi connectivity index (χ3n) is 5.55. The lowest BCUT2D eigenvalue weighted by molar-refractivity contribution is -0.143. The molecule has 2 amide bonds. The fourth-order valence-corrected chi connectivity index (χ4v) is 3.98. The summed E-state index contributed by atoms with van der Waals surface area (Å²) in [5, 5.41) is 5.31. The minimum atomic E-state index is -4.99. The van der Waals surface area contributed by atoms with Gasteiger partial charge in [-0.1, -0.05) is 20.3 Å². The Morgan fingerprint density at radius 2 is 1.61 bits per heavy atom. The van der Waals surface area contributed by atoms with Crippen LogP contribution in [-0.4, -0.2) is 42.4 Å². The molecule has 33 heavy (non-hydrogen) atoms. The zero-order valence-corrected chi connectivity index (χ0v) is 18.6. The van der Waals surface area contributed by atoms with Gasteiger partial charge in [-0.05, 0) is 49.9 Å². The van der Waals surface area contributed by atoms with Gasteiger partial charge in [0.1, 0.15) is 0 Å². The first-order chi connectivity index (χ1) is 15.4. The van der Waals surface area contributed by atoms with Gasteiger partial charge in [-0.15, -0.1) is 0 Å². The molecule has 2 atom stereocenters. The molecule has 2 N–H and O–H groups in total. The Morgan fingerprint density at radius 1 is 1.00 bits per heavy atom. The van der Waals surface area contributed by atoms with Gasteiger partial charge in [-0.2, -0.15) is 26.3 Å². The van der Waals surface area contributed by atoms with Gasteiger partial charge in [-0.25, -0.2) is 0 Å². The highest BCUT2D eigenvalue weighted by Crippen LogP contribution is 2.37. The molecule has 0 radical (unpaired) electrons. The van der Waals surface area contributed by atoms with E-state index in [2.05, 4.69) is 10.6 Å². The second kappa shape index (κ2) is 11.2. The van der Waals surface area contributed by atoms with Gasteiger partial charge in [0, 0.05) is 25.2 Å². The quantitative estimate of drug-likeness (QED) is 0.591. The number of hydrogen-bond donors (Lipinski definition) is 2. The van der Waals surface area contributed by atoms with Crippen molar-refractivity contribution < 1.29 is 35.9 Å². The van der Waals surface area contributed by atoms with Gasteiger partial charge in [0.15, 0.2) is 0 Å². The first kappa shape index (κ1) is 26.9. The van der Waals surface area contributed by atoms with Crippen molar-refractivity contribution in [2.45, 2.75) is 64.3 Å². The Kier molecular flexibility index (Phi) is 9.16. The second-order valence-electron chi connectivity index (χ2n) is 7.99. The van der Waals surface area contributed by atoms with E-state index < -0.39 is 35.1 Å². The average Bonchev–Trinajstić information content (AvgIpc) is 3.22. The molecule has 0 spiro atoms. The molecule has 1 aromatic rings. The van der Waals surface area contributed by atoms with Gasteiger partial charge in [0.2, 0.25) is 11.8 Å². The Bertz CT molecular complexity index is 787. The Labute approximate surface area is 188 Å². The van der Waals surface area contributed by atoms with E-state index in [1.165, 1.54) is 0 Å². The van der Waals surface area contributed by atoms with Crippen molar-refractivity contribution in [3.8, 4) is 0 Å². The van der Waals surface area contributed by atoms with Crippen LogP contribution < -0.4 is 10.6 Å². The summed E-state index contributed by atoms with van der Waals surface area (Å²) in [6.45, 7) is 5.57. The number of likely N-dealkylation sites (tertiary alicyclic amines) is 1. The number of alkyl halides is 6. The number of rotatable bonds is 4. The molecular formula is C22H29F6N3O2. The van der Waals surface area contributed by atoms with Crippen molar-refractivity contribution in [3.63, 3.8) is 0 Å². The zero-order valence-electron chi connectivity index (χ0n) is 18.6. The molecule has 2 aliphatic rings. The molecule has 2 heterocycles. The number of carbonyl (C=O) groups excluding carboxylic acids is 2. The SMILES string of the molecule is CC.O=C(CC1CCN(C(=O)C2CCCCN2)C1)Nc1cc(C(F)(F)F)cc(C(F)(F)F)c1. The van der Waals surface area contributed by atoms with E-state index in [9.17, 15) is 35.9 Å². The molecule has 1 aromatic carbocycles. The summed E-state index contributed by atoms with van der Waals surface area (Å²) in [5.41, 5.74) is -3.55. The lowest BCUT2D eigenvalue weighted by atomic mass is 10.0. The van der Waals surface area contributed by atoms with Crippen LogP contribution in [0.2, 0.25) is 0 Å². The maximum atomic E-state index is 13.0. The lowest BCUT2D eigenvalue weighted by Crippen LogP contribution is -2.47. The topological polar surface area (TPSA) is 61.4 Å². The van der Waals surface area contributed by atoms with Gasteiger partial charge in [0.25, 0.3) is 0 Å². The van der Waals surface area contributed by atoms with Crippen LogP contribution in [-0.2, 0) is 21.9 Å². The lowest BCUT2D eigenvalue weighted by Gasteiger charge is -2.27. The number of halogens is 6. The molecule has 2 saturated heterocycles. The largest absolute Gasteiger partial charge is 0.416 e. The number of amides is 2. The average molecular weight is 481 g/mol. The molecule has 186 valence electrons. The van der Waals surface area contributed by atoms with Crippen molar-refractivity contribution >= 4 is 17.5 Å². The molecule has 5 nitrogen and oxygen atoms in total. The van der Waals surface area contributed by atoms with Crippen molar-refractivity contribution in [1.29, 1.82) is 0 Å². The molecule has 2 unspecified atom stereocenters. The summed E-state index contributed by atoms with van der Waals surface area (Å²) in [6, 6.07) is 0.723. The van der Waals surface area contributed by atoms with E-state index in [1.54, 1.807) is 4.90 Å². The molecule has 3 rings (SSSR count). The monoisotopic (exact) mass is 481 g/mol. The molecular weight excluding hydrogens is 452 g/mol. The summed E-state index contributed by atoms with van der Waals surface area (Å²) in [4.78, 5) is 26.5. The normalized spacial score (nSPS) is 21.3. The third kappa shape index (κ3) is 7.62. The van der Waals surface area contributed by atoms with E-state index in [4.69, 9.17) is 0 Å². The van der Waals surface area contributed by atoms with Crippen LogP contribution in [0.5, 0.6) is 0 Å². The number of nitrogens with zero attached hydrogens (tertiary/aromatic N) is 1. The molecule has 0 bridgehead atoms. The Morgan fingerprint density at radius 3 is 2.12 bits per heavy atom. The second-order valence-corrected chi connectivity index (χ2v) is 7.99. The van der Waals surface area contributed by atoms with Crippen LogP contribution in [0.1, 0.15) is 57.1 Å². The number of nitrogens with one attached hydrogen (secondary N) is 2. The van der Waals surface area contributed by atoms with E-state index >= 15 is 0 Å². The first-order valence-corrected chi connectivity index (χ1v) is 11.0. The summed E-state index contributed by atoms with van der Waals surface area (Å²) in [7, 11) is 0. The van der Waals surface area contributed by atoms with Crippen LogP contribution in [0.4, 0.5) is 32.0 Å². The minimum Gasteiger partial charge on any atom is -0.341 e. The number of carbonyl (C=O) groups is 2. The molecule has 0 saturated carbocycles. The molecule has 2 fully saturated rings. The first-order valence-electron chi connectivity index (χ1n) is 11.0. The van der Waals surface area contributed by atoms with Gasteiger partial charge < -0.3 is 15.5 Å². The fraction of sp³-hybridized carbons (Fsp3) is 0.636. The van der Waals surface area contributed by atoms with Crippen molar-refractivity contribution in [3.05, 3.63) is 29.3 Å². The van der Waals surface area contributed by atoms with Gasteiger partial charge >= 0.3 is 12.4 Å². The molecule has 2 aliphatic heterocycles. The van der Waals surface area contributed by atoms with Crippen LogP contribution in [0.3, 0.4) is 0 Å². The van der Waals surface area contributed by atoms with E-state index in [0.717, 1.165) is 25.8 Å². The van der Waals surface area contributed by atoms with Crippen molar-refractivity contribution in [1.82, 2.24) is 10.2 Å². The highest BCUT2D eigenvalue weighted by molar-refractivity contribution is 5.91. The highest BCUT2D eigenvalue weighted by Gasteiger charge is 2.37. The molecule has 0 aliphatic carbocycles. The Balaban J connectivity index is 0.00000187. The van der Waals surface area contributed by atoms with Crippen LogP contribution in [0.25, 0.3) is 0 Å². The molecule has 0 aromatic heterocycles. The van der Waals surface area contributed by atoms with Gasteiger partial charge in [0.05, 0.1) is 17.2 Å². The van der Waals surface area contributed by atoms with Crippen LogP contribution >= 0.6 is 0 Å². The maximum Gasteiger partial charge on any atom is 0.416 e. The highest BCUT2D eigenvalue weighted by atomic mass is 19.4. The minimum absolute atomic E-state index is 0.00934. The molecule has 11 heteroatoms.